The Bertz CT molecular complexity index is 393. The highest BCUT2D eigenvalue weighted by atomic mass is 35.5. The first-order valence-electron chi connectivity index (χ1n) is 4.73. The maximum atomic E-state index is 10.9. The summed E-state index contributed by atoms with van der Waals surface area (Å²) in [5, 5.41) is 3.07. The summed E-state index contributed by atoms with van der Waals surface area (Å²) in [6.07, 6.45) is -0.489. The summed E-state index contributed by atoms with van der Waals surface area (Å²) in [6.45, 7) is 2.24. The topological polar surface area (TPSA) is 47.6 Å². The van der Waals surface area contributed by atoms with Crippen LogP contribution in [0.5, 0.6) is 5.75 Å². The number of ether oxygens (including phenoxy) is 2. The van der Waals surface area contributed by atoms with E-state index in [1.165, 1.54) is 7.11 Å². The Hall–Kier alpha value is -1.42. The van der Waals surface area contributed by atoms with Crippen molar-refractivity contribution in [1.29, 1.82) is 0 Å². The number of benzene rings is 1. The second-order valence-electron chi connectivity index (χ2n) is 3.29. The Kier molecular flexibility index (Phi) is 4.43. The molecule has 4 nitrogen and oxygen atoms in total. The van der Waals surface area contributed by atoms with Gasteiger partial charge in [-0.3, -0.25) is 0 Å². The summed E-state index contributed by atoms with van der Waals surface area (Å²) in [5.74, 6) is 0.600. The van der Waals surface area contributed by atoms with Crippen molar-refractivity contribution >= 4 is 17.7 Å². The summed E-state index contributed by atoms with van der Waals surface area (Å²) in [4.78, 5) is 10.9. The Labute approximate surface area is 99.5 Å². The number of carbonyl (C=O) groups excluding carboxylic acids is 1. The Morgan fingerprint density at radius 2 is 2.12 bits per heavy atom. The van der Waals surface area contributed by atoms with Crippen LogP contribution < -0.4 is 10.1 Å². The number of methoxy groups -OCH3 is 2. The third-order valence-electron chi connectivity index (χ3n) is 2.09. The zero-order valence-corrected chi connectivity index (χ0v) is 10.2. The number of carbonyl (C=O) groups is 1. The van der Waals surface area contributed by atoms with Crippen LogP contribution in [0.15, 0.2) is 12.1 Å². The van der Waals surface area contributed by atoms with Crippen LogP contribution in [0.2, 0.25) is 5.02 Å². The molecular weight excluding hydrogens is 230 g/mol. The van der Waals surface area contributed by atoms with Crippen LogP contribution in [0.3, 0.4) is 0 Å². The van der Waals surface area contributed by atoms with Crippen molar-refractivity contribution in [1.82, 2.24) is 5.32 Å². The molecule has 0 unspecified atom stereocenters. The van der Waals surface area contributed by atoms with Gasteiger partial charge in [-0.15, -0.1) is 0 Å². The molecule has 0 saturated heterocycles. The molecule has 0 aromatic heterocycles. The highest BCUT2D eigenvalue weighted by molar-refractivity contribution is 6.32. The fourth-order valence-electron chi connectivity index (χ4n) is 1.32. The van der Waals surface area contributed by atoms with Crippen LogP contribution >= 0.6 is 11.6 Å². The zero-order valence-electron chi connectivity index (χ0n) is 9.46. The molecule has 0 atom stereocenters. The molecule has 0 aliphatic carbocycles. The van der Waals surface area contributed by atoms with E-state index < -0.39 is 6.09 Å². The van der Waals surface area contributed by atoms with E-state index >= 15 is 0 Å². The molecule has 0 aliphatic heterocycles. The molecule has 0 fully saturated rings. The predicted octanol–water partition coefficient (Wildman–Crippen LogP) is 2.51. The SMILES string of the molecule is COC(=O)NCc1cc(C)cc(OC)c1Cl. The fourth-order valence-corrected chi connectivity index (χ4v) is 1.58. The fraction of sp³-hybridized carbons (Fsp3) is 0.364. The van der Waals surface area contributed by atoms with Crippen LogP contribution in [0, 0.1) is 6.92 Å². The second kappa shape index (κ2) is 5.61. The number of hydrogen-bond acceptors (Lipinski definition) is 3. The molecule has 1 N–H and O–H groups in total. The van der Waals surface area contributed by atoms with E-state index in [-0.39, 0.29) is 0 Å². The van der Waals surface area contributed by atoms with Crippen LogP contribution in [0.1, 0.15) is 11.1 Å². The smallest absolute Gasteiger partial charge is 0.407 e. The van der Waals surface area contributed by atoms with Gasteiger partial charge in [0.1, 0.15) is 5.75 Å². The van der Waals surface area contributed by atoms with Gasteiger partial charge >= 0.3 is 6.09 Å². The van der Waals surface area contributed by atoms with E-state index in [1.54, 1.807) is 7.11 Å². The second-order valence-corrected chi connectivity index (χ2v) is 3.66. The Morgan fingerprint density at radius 3 is 2.69 bits per heavy atom. The number of nitrogens with one attached hydrogen (secondary N) is 1. The van der Waals surface area contributed by atoms with Gasteiger partial charge in [-0.05, 0) is 24.1 Å². The molecule has 0 saturated carbocycles. The lowest BCUT2D eigenvalue weighted by Gasteiger charge is -2.10. The normalized spacial score (nSPS) is 9.75. The minimum absolute atomic E-state index is 0.309. The van der Waals surface area contributed by atoms with Crippen LogP contribution in [-0.4, -0.2) is 20.3 Å². The van der Waals surface area contributed by atoms with E-state index in [0.29, 0.717) is 17.3 Å². The van der Waals surface area contributed by atoms with Crippen molar-refractivity contribution in [2.75, 3.05) is 14.2 Å². The van der Waals surface area contributed by atoms with Gasteiger partial charge < -0.3 is 14.8 Å². The molecule has 5 heteroatoms. The third-order valence-corrected chi connectivity index (χ3v) is 2.52. The summed E-state index contributed by atoms with van der Waals surface area (Å²) in [7, 11) is 2.87. The van der Waals surface area contributed by atoms with E-state index in [1.807, 2.05) is 19.1 Å². The Morgan fingerprint density at radius 1 is 1.44 bits per heavy atom. The third kappa shape index (κ3) is 3.03. The minimum Gasteiger partial charge on any atom is -0.495 e. The van der Waals surface area contributed by atoms with E-state index in [9.17, 15) is 4.79 Å². The van der Waals surface area contributed by atoms with Crippen LogP contribution in [0.25, 0.3) is 0 Å². The molecule has 1 aromatic carbocycles. The van der Waals surface area contributed by atoms with E-state index in [4.69, 9.17) is 16.3 Å². The highest BCUT2D eigenvalue weighted by Gasteiger charge is 2.09. The van der Waals surface area contributed by atoms with Gasteiger partial charge in [0.15, 0.2) is 0 Å². The summed E-state index contributed by atoms with van der Waals surface area (Å²) < 4.78 is 9.60. The first kappa shape index (κ1) is 12.6. The van der Waals surface area contributed by atoms with Crippen molar-refractivity contribution in [3.8, 4) is 5.75 Å². The van der Waals surface area contributed by atoms with Gasteiger partial charge in [0.25, 0.3) is 0 Å². The summed E-state index contributed by atoms with van der Waals surface area (Å²) in [6, 6.07) is 3.73. The minimum atomic E-state index is -0.489. The van der Waals surface area contributed by atoms with Crippen LogP contribution in [-0.2, 0) is 11.3 Å². The molecule has 0 aliphatic rings. The number of amides is 1. The van der Waals surface area contributed by atoms with E-state index in [2.05, 4.69) is 10.1 Å². The van der Waals surface area contributed by atoms with Gasteiger partial charge in [0.2, 0.25) is 0 Å². The van der Waals surface area contributed by atoms with Crippen molar-refractivity contribution in [3.05, 3.63) is 28.3 Å². The number of rotatable bonds is 3. The quantitative estimate of drug-likeness (QED) is 0.887. The number of halogens is 1. The lowest BCUT2D eigenvalue weighted by Crippen LogP contribution is -2.22. The average molecular weight is 244 g/mol. The largest absolute Gasteiger partial charge is 0.495 e. The molecule has 0 spiro atoms. The molecule has 88 valence electrons. The average Bonchev–Trinajstić information content (AvgIpc) is 2.29. The van der Waals surface area contributed by atoms with Crippen molar-refractivity contribution < 1.29 is 14.3 Å². The molecule has 0 bridgehead atoms. The highest BCUT2D eigenvalue weighted by Crippen LogP contribution is 2.29. The standard InChI is InChI=1S/C11H14ClNO3/c1-7-4-8(6-13-11(14)16-3)10(12)9(5-7)15-2/h4-5H,6H2,1-3H3,(H,13,14). The number of hydrogen-bond donors (Lipinski definition) is 1. The molecule has 1 amide bonds. The van der Waals surface area contributed by atoms with E-state index in [0.717, 1.165) is 11.1 Å². The Balaban J connectivity index is 2.87. The van der Waals surface area contributed by atoms with Crippen molar-refractivity contribution in [3.63, 3.8) is 0 Å². The molecule has 1 aromatic rings. The lowest BCUT2D eigenvalue weighted by atomic mass is 10.1. The first-order valence-corrected chi connectivity index (χ1v) is 5.11. The van der Waals surface area contributed by atoms with Crippen molar-refractivity contribution in [2.24, 2.45) is 0 Å². The number of aryl methyl sites for hydroxylation is 1. The van der Waals surface area contributed by atoms with Gasteiger partial charge in [-0.25, -0.2) is 4.79 Å². The molecule has 0 radical (unpaired) electrons. The molecule has 16 heavy (non-hydrogen) atoms. The molecule has 0 heterocycles. The molecule has 1 rings (SSSR count). The predicted molar refractivity (Wildman–Crippen MR) is 62.0 cm³/mol. The monoisotopic (exact) mass is 243 g/mol. The van der Waals surface area contributed by atoms with Gasteiger partial charge in [-0.2, -0.15) is 0 Å². The lowest BCUT2D eigenvalue weighted by molar-refractivity contribution is 0.170. The number of alkyl carbamates (subject to hydrolysis) is 1. The summed E-state index contributed by atoms with van der Waals surface area (Å²) >= 11 is 6.09. The van der Waals surface area contributed by atoms with Gasteiger partial charge in [0.05, 0.1) is 19.2 Å². The summed E-state index contributed by atoms with van der Waals surface area (Å²) in [5.41, 5.74) is 1.81. The maximum Gasteiger partial charge on any atom is 0.407 e. The van der Waals surface area contributed by atoms with Gasteiger partial charge in [-0.1, -0.05) is 17.7 Å². The van der Waals surface area contributed by atoms with Gasteiger partial charge in [0, 0.05) is 6.54 Å². The first-order chi connectivity index (χ1) is 7.58. The van der Waals surface area contributed by atoms with Crippen molar-refractivity contribution in [2.45, 2.75) is 13.5 Å². The zero-order chi connectivity index (χ0) is 12.1. The molecular formula is C11H14ClNO3. The van der Waals surface area contributed by atoms with Crippen LogP contribution in [0.4, 0.5) is 4.79 Å². The maximum absolute atomic E-state index is 10.9.